The number of rotatable bonds is 2. The molecule has 1 saturated heterocycles. The molecule has 1 aliphatic rings. The van der Waals surface area contributed by atoms with Crippen LogP contribution in [0.3, 0.4) is 0 Å². The Hall–Kier alpha value is -1.62. The molecule has 1 aromatic rings. The Balaban J connectivity index is 2.21. The second kappa shape index (κ2) is 4.57. The highest BCUT2D eigenvalue weighted by Gasteiger charge is 2.28. The molecule has 2 heterocycles. The lowest BCUT2D eigenvalue weighted by Crippen LogP contribution is -2.42. The number of carboxylic acids is 1. The van der Waals surface area contributed by atoms with Crippen molar-refractivity contribution in [1.29, 1.82) is 0 Å². The lowest BCUT2D eigenvalue weighted by molar-refractivity contribution is 0.0350. The average Bonchev–Trinajstić information content (AvgIpc) is 2.28. The Morgan fingerprint density at radius 2 is 2.00 bits per heavy atom. The number of pyridine rings is 1. The first-order chi connectivity index (χ1) is 8.37. The van der Waals surface area contributed by atoms with Gasteiger partial charge in [-0.15, -0.1) is 0 Å². The molecule has 1 aromatic heterocycles. The summed E-state index contributed by atoms with van der Waals surface area (Å²) in [5.74, 6) is -0.256. The lowest BCUT2D eigenvalue weighted by atomic mass is 9.94. The first-order valence-electron chi connectivity index (χ1n) is 6.07. The fourth-order valence-electron chi connectivity index (χ4n) is 2.15. The van der Waals surface area contributed by atoms with E-state index in [1.807, 2.05) is 11.8 Å². The Labute approximate surface area is 106 Å². The van der Waals surface area contributed by atoms with Crippen LogP contribution in [0.5, 0.6) is 0 Å². The molecule has 2 N–H and O–H groups in total. The summed E-state index contributed by atoms with van der Waals surface area (Å²) in [4.78, 5) is 17.4. The third-order valence-electron chi connectivity index (χ3n) is 3.35. The van der Waals surface area contributed by atoms with E-state index in [1.165, 1.54) is 0 Å². The molecule has 5 nitrogen and oxygen atoms in total. The molecule has 0 amide bonds. The van der Waals surface area contributed by atoms with Crippen molar-refractivity contribution < 1.29 is 15.0 Å². The third kappa shape index (κ3) is 2.79. The summed E-state index contributed by atoms with van der Waals surface area (Å²) < 4.78 is 0. The Bertz CT molecular complexity index is 461. The number of hydrogen-bond donors (Lipinski definition) is 2. The Kier molecular flexibility index (Phi) is 3.26. The number of aromatic nitrogens is 1. The number of aromatic carboxylic acids is 1. The van der Waals surface area contributed by atoms with Crippen LogP contribution in [0, 0.1) is 6.92 Å². The predicted molar refractivity (Wildman–Crippen MR) is 68.0 cm³/mol. The molecule has 0 aromatic carbocycles. The molecule has 0 aliphatic carbocycles. The molecule has 2 rings (SSSR count). The maximum atomic E-state index is 11.0. The van der Waals surface area contributed by atoms with Gasteiger partial charge in [-0.1, -0.05) is 0 Å². The third-order valence-corrected chi connectivity index (χ3v) is 3.35. The van der Waals surface area contributed by atoms with Crippen LogP contribution in [0.15, 0.2) is 12.1 Å². The lowest BCUT2D eigenvalue weighted by Gasteiger charge is -2.36. The fraction of sp³-hybridized carbons (Fsp3) is 0.538. The van der Waals surface area contributed by atoms with Crippen molar-refractivity contribution in [3.8, 4) is 0 Å². The number of anilines is 1. The molecule has 18 heavy (non-hydrogen) atoms. The molecule has 98 valence electrons. The zero-order valence-corrected chi connectivity index (χ0v) is 10.7. The topological polar surface area (TPSA) is 73.7 Å². The normalized spacial score (nSPS) is 18.7. The monoisotopic (exact) mass is 250 g/mol. The van der Waals surface area contributed by atoms with E-state index in [9.17, 15) is 9.90 Å². The number of piperidine rings is 1. The first-order valence-corrected chi connectivity index (χ1v) is 6.07. The molecule has 0 radical (unpaired) electrons. The summed E-state index contributed by atoms with van der Waals surface area (Å²) in [6.07, 6.45) is 1.34. The molecule has 0 saturated carbocycles. The van der Waals surface area contributed by atoms with Crippen molar-refractivity contribution in [1.82, 2.24) is 4.98 Å². The zero-order valence-electron chi connectivity index (χ0n) is 10.7. The van der Waals surface area contributed by atoms with Gasteiger partial charge in [0.2, 0.25) is 0 Å². The maximum absolute atomic E-state index is 11.0. The van der Waals surface area contributed by atoms with Gasteiger partial charge in [0.1, 0.15) is 5.82 Å². The van der Waals surface area contributed by atoms with E-state index in [-0.39, 0.29) is 5.56 Å². The van der Waals surface area contributed by atoms with Gasteiger partial charge in [0, 0.05) is 18.8 Å². The summed E-state index contributed by atoms with van der Waals surface area (Å²) in [7, 11) is 0. The highest BCUT2D eigenvalue weighted by molar-refractivity contribution is 5.88. The van der Waals surface area contributed by atoms with Crippen LogP contribution in [0.1, 0.15) is 35.8 Å². The number of aryl methyl sites for hydroxylation is 1. The van der Waals surface area contributed by atoms with E-state index in [4.69, 9.17) is 5.11 Å². The average molecular weight is 250 g/mol. The van der Waals surface area contributed by atoms with E-state index < -0.39 is 11.6 Å². The Morgan fingerprint density at radius 3 is 2.56 bits per heavy atom. The van der Waals surface area contributed by atoms with Crippen LogP contribution in [-0.4, -0.2) is 39.9 Å². The molecular formula is C13H18N2O3. The summed E-state index contributed by atoms with van der Waals surface area (Å²) in [6, 6.07) is 3.15. The SMILES string of the molecule is Cc1cc(C(=O)O)cc(N2CCC(C)(O)CC2)n1. The van der Waals surface area contributed by atoms with Gasteiger partial charge < -0.3 is 15.1 Å². The van der Waals surface area contributed by atoms with E-state index in [1.54, 1.807) is 19.1 Å². The largest absolute Gasteiger partial charge is 0.478 e. The number of aliphatic hydroxyl groups is 1. The molecule has 0 atom stereocenters. The van der Waals surface area contributed by atoms with E-state index in [2.05, 4.69) is 4.98 Å². The van der Waals surface area contributed by atoms with Crippen molar-refractivity contribution >= 4 is 11.8 Å². The molecule has 0 unspecified atom stereocenters. The molecule has 5 heteroatoms. The van der Waals surface area contributed by atoms with Crippen LogP contribution < -0.4 is 4.90 Å². The van der Waals surface area contributed by atoms with Gasteiger partial charge in [-0.3, -0.25) is 0 Å². The second-order valence-electron chi connectivity index (χ2n) is 5.14. The van der Waals surface area contributed by atoms with E-state index in [0.717, 1.165) is 0 Å². The first kappa shape index (κ1) is 12.8. The van der Waals surface area contributed by atoms with E-state index in [0.29, 0.717) is 37.4 Å². The van der Waals surface area contributed by atoms with Crippen molar-refractivity contribution in [2.24, 2.45) is 0 Å². The predicted octanol–water partition coefficient (Wildman–Crippen LogP) is 1.44. The summed E-state index contributed by atoms with van der Waals surface area (Å²) >= 11 is 0. The number of carboxylic acid groups (broad SMARTS) is 1. The van der Waals surface area contributed by atoms with Crippen LogP contribution in [0.4, 0.5) is 5.82 Å². The summed E-state index contributed by atoms with van der Waals surface area (Å²) in [5, 5.41) is 18.9. The van der Waals surface area contributed by atoms with E-state index >= 15 is 0 Å². The highest BCUT2D eigenvalue weighted by Crippen LogP contribution is 2.25. The van der Waals surface area contributed by atoms with Gasteiger partial charge >= 0.3 is 5.97 Å². The standard InChI is InChI=1S/C13H18N2O3/c1-9-7-10(12(16)17)8-11(14-9)15-5-3-13(2,18)4-6-15/h7-8,18H,3-6H2,1-2H3,(H,16,17). The highest BCUT2D eigenvalue weighted by atomic mass is 16.4. The molecular weight excluding hydrogens is 232 g/mol. The van der Waals surface area contributed by atoms with Gasteiger partial charge in [0.25, 0.3) is 0 Å². The maximum Gasteiger partial charge on any atom is 0.335 e. The van der Waals surface area contributed by atoms with Crippen LogP contribution in [0.2, 0.25) is 0 Å². The number of carbonyl (C=O) groups is 1. The minimum Gasteiger partial charge on any atom is -0.478 e. The van der Waals surface area contributed by atoms with Gasteiger partial charge in [0.15, 0.2) is 0 Å². The van der Waals surface area contributed by atoms with Crippen molar-refractivity contribution in [2.75, 3.05) is 18.0 Å². The second-order valence-corrected chi connectivity index (χ2v) is 5.14. The van der Waals surface area contributed by atoms with Crippen LogP contribution >= 0.6 is 0 Å². The van der Waals surface area contributed by atoms with Gasteiger partial charge in [-0.25, -0.2) is 9.78 Å². The summed E-state index contributed by atoms with van der Waals surface area (Å²) in [5.41, 5.74) is 0.340. The minimum absolute atomic E-state index is 0.259. The Morgan fingerprint density at radius 1 is 1.39 bits per heavy atom. The smallest absolute Gasteiger partial charge is 0.335 e. The molecule has 0 spiro atoms. The molecule has 1 fully saturated rings. The summed E-state index contributed by atoms with van der Waals surface area (Å²) in [6.45, 7) is 5.01. The van der Waals surface area contributed by atoms with Crippen molar-refractivity contribution in [3.05, 3.63) is 23.4 Å². The van der Waals surface area contributed by atoms with Crippen molar-refractivity contribution in [3.63, 3.8) is 0 Å². The van der Waals surface area contributed by atoms with Gasteiger partial charge in [-0.2, -0.15) is 0 Å². The minimum atomic E-state index is -0.939. The molecule has 1 aliphatic heterocycles. The number of hydrogen-bond acceptors (Lipinski definition) is 4. The van der Waals surface area contributed by atoms with Crippen LogP contribution in [0.25, 0.3) is 0 Å². The number of nitrogens with zero attached hydrogens (tertiary/aromatic N) is 2. The van der Waals surface area contributed by atoms with Crippen molar-refractivity contribution in [2.45, 2.75) is 32.3 Å². The van der Waals surface area contributed by atoms with Crippen LogP contribution in [-0.2, 0) is 0 Å². The molecule has 0 bridgehead atoms. The fourth-order valence-corrected chi connectivity index (χ4v) is 2.15. The van der Waals surface area contributed by atoms with Gasteiger partial charge in [0.05, 0.1) is 11.2 Å². The zero-order chi connectivity index (χ0) is 13.3. The van der Waals surface area contributed by atoms with Gasteiger partial charge in [-0.05, 0) is 38.8 Å². The quantitative estimate of drug-likeness (QED) is 0.830.